The molecule has 2 heterocycles. The molecule has 1 N–H and O–H groups in total. The first-order valence-electron chi connectivity index (χ1n) is 7.66. The van der Waals surface area contributed by atoms with E-state index in [1.165, 1.54) is 16.1 Å². The second-order valence-electron chi connectivity index (χ2n) is 5.51. The summed E-state index contributed by atoms with van der Waals surface area (Å²) in [5.41, 5.74) is 2.65. The highest BCUT2D eigenvalue weighted by atomic mass is 32.1. The quantitative estimate of drug-likeness (QED) is 0.906. The van der Waals surface area contributed by atoms with E-state index in [-0.39, 0.29) is 0 Å². The van der Waals surface area contributed by atoms with Gasteiger partial charge in [-0.15, -0.1) is 11.3 Å². The molecule has 0 saturated carbocycles. The lowest BCUT2D eigenvalue weighted by molar-refractivity contribution is 0.0845. The summed E-state index contributed by atoms with van der Waals surface area (Å²) in [6.07, 6.45) is 3.24. The Hall–Kier alpha value is -1.39. The molecule has 0 bridgehead atoms. The summed E-state index contributed by atoms with van der Waals surface area (Å²) in [7, 11) is 0. The molecular weight excluding hydrogens is 280 g/mol. The fourth-order valence-electron chi connectivity index (χ4n) is 2.79. The summed E-state index contributed by atoms with van der Waals surface area (Å²) in [4.78, 5) is 6.17. The van der Waals surface area contributed by atoms with E-state index in [2.05, 4.69) is 42.6 Å². The molecule has 1 aliphatic rings. The zero-order chi connectivity index (χ0) is 14.5. The molecule has 3 rings (SSSR count). The number of nitrogens with zero attached hydrogens (tertiary/aromatic N) is 1. The maximum Gasteiger partial charge on any atom is 0.183 e. The lowest BCUT2D eigenvalue weighted by Gasteiger charge is -2.20. The molecule has 0 atom stereocenters. The summed E-state index contributed by atoms with van der Waals surface area (Å²) >= 11 is 1.78. The molecule has 1 aromatic heterocycles. The average Bonchev–Trinajstić information content (AvgIpc) is 2.90. The van der Waals surface area contributed by atoms with E-state index in [9.17, 15) is 0 Å². The maximum absolute atomic E-state index is 5.44. The lowest BCUT2D eigenvalue weighted by Crippen LogP contribution is -2.15. The zero-order valence-corrected chi connectivity index (χ0v) is 13.3. The van der Waals surface area contributed by atoms with Gasteiger partial charge in [0.05, 0.1) is 5.69 Å². The van der Waals surface area contributed by atoms with Crippen molar-refractivity contribution in [1.29, 1.82) is 0 Å². The number of aromatic nitrogens is 1. The first kappa shape index (κ1) is 14.5. The molecule has 0 aliphatic carbocycles. The molecule has 3 nitrogen and oxygen atoms in total. The second-order valence-corrected chi connectivity index (χ2v) is 6.71. The van der Waals surface area contributed by atoms with Crippen LogP contribution >= 0.6 is 11.3 Å². The average molecular weight is 302 g/mol. The van der Waals surface area contributed by atoms with E-state index >= 15 is 0 Å². The molecule has 1 fully saturated rings. The van der Waals surface area contributed by atoms with Crippen LogP contribution in [0.3, 0.4) is 0 Å². The van der Waals surface area contributed by atoms with Crippen molar-refractivity contribution in [1.82, 2.24) is 4.98 Å². The largest absolute Gasteiger partial charge is 0.381 e. The molecule has 1 aromatic carbocycles. The predicted molar refractivity (Wildman–Crippen MR) is 88.3 cm³/mol. The molecule has 0 spiro atoms. The summed E-state index contributed by atoms with van der Waals surface area (Å²) in [6.45, 7) is 4.87. The number of thiazole rings is 1. The third-order valence-electron chi connectivity index (χ3n) is 3.97. The highest BCUT2D eigenvalue weighted by Crippen LogP contribution is 2.33. The van der Waals surface area contributed by atoms with Gasteiger partial charge < -0.3 is 10.1 Å². The van der Waals surface area contributed by atoms with Crippen molar-refractivity contribution in [2.45, 2.75) is 32.1 Å². The van der Waals surface area contributed by atoms with Crippen LogP contribution in [0.25, 0.3) is 0 Å². The van der Waals surface area contributed by atoms with E-state index in [4.69, 9.17) is 9.72 Å². The molecule has 4 heteroatoms. The summed E-state index contributed by atoms with van der Waals surface area (Å²) in [5.74, 6) is 0.583. The molecule has 2 aromatic rings. The van der Waals surface area contributed by atoms with E-state index < -0.39 is 0 Å². The first-order chi connectivity index (χ1) is 10.3. The highest BCUT2D eigenvalue weighted by Gasteiger charge is 2.21. The Morgan fingerprint density at radius 2 is 2.00 bits per heavy atom. The molecule has 0 amide bonds. The fraction of sp³-hybridized carbons (Fsp3) is 0.471. The van der Waals surface area contributed by atoms with E-state index in [0.717, 1.165) is 44.2 Å². The van der Waals surface area contributed by atoms with Crippen molar-refractivity contribution in [2.75, 3.05) is 25.1 Å². The number of ether oxygens (including phenoxy) is 1. The van der Waals surface area contributed by atoms with Crippen LogP contribution in [-0.4, -0.2) is 24.7 Å². The summed E-state index contributed by atoms with van der Waals surface area (Å²) in [5, 5.41) is 4.53. The van der Waals surface area contributed by atoms with Crippen molar-refractivity contribution in [3.8, 4) is 0 Å². The Balaban J connectivity index is 1.56. The van der Waals surface area contributed by atoms with Crippen LogP contribution in [0.5, 0.6) is 0 Å². The van der Waals surface area contributed by atoms with Gasteiger partial charge in [-0.25, -0.2) is 4.98 Å². The molecule has 0 unspecified atom stereocenters. The Morgan fingerprint density at radius 3 is 2.76 bits per heavy atom. The number of benzene rings is 1. The van der Waals surface area contributed by atoms with Crippen molar-refractivity contribution in [2.24, 2.45) is 0 Å². The van der Waals surface area contributed by atoms with Crippen LogP contribution in [0.4, 0.5) is 5.13 Å². The number of anilines is 1. The number of aryl methyl sites for hydroxylation is 1. The maximum atomic E-state index is 5.44. The van der Waals surface area contributed by atoms with Crippen LogP contribution in [0.15, 0.2) is 30.3 Å². The SMILES string of the molecule is Cc1sc(NCCc2ccccc2)nc1C1CCOCC1. The van der Waals surface area contributed by atoms with Crippen molar-refractivity contribution < 1.29 is 4.74 Å². The Morgan fingerprint density at radius 1 is 1.24 bits per heavy atom. The number of hydrogen-bond acceptors (Lipinski definition) is 4. The van der Waals surface area contributed by atoms with Crippen LogP contribution in [0, 0.1) is 6.92 Å². The Bertz CT molecular complexity index is 561. The third kappa shape index (κ3) is 3.83. The standard InChI is InChI=1S/C17H22N2OS/c1-13-16(15-8-11-20-12-9-15)19-17(21-13)18-10-7-14-5-3-2-4-6-14/h2-6,15H,7-12H2,1H3,(H,18,19). The first-order valence-corrected chi connectivity index (χ1v) is 8.47. The van der Waals surface area contributed by atoms with Gasteiger partial charge in [-0.3, -0.25) is 0 Å². The Labute approximate surface area is 130 Å². The second kappa shape index (κ2) is 7.05. The van der Waals surface area contributed by atoms with E-state index in [1.54, 1.807) is 11.3 Å². The molecule has 0 radical (unpaired) electrons. The number of nitrogens with one attached hydrogen (secondary N) is 1. The van der Waals surface area contributed by atoms with Gasteiger partial charge in [-0.1, -0.05) is 30.3 Å². The van der Waals surface area contributed by atoms with Crippen molar-refractivity contribution >= 4 is 16.5 Å². The van der Waals surface area contributed by atoms with Crippen molar-refractivity contribution in [3.05, 3.63) is 46.5 Å². The molecule has 1 aliphatic heterocycles. The van der Waals surface area contributed by atoms with Gasteiger partial charge in [0.1, 0.15) is 0 Å². The monoisotopic (exact) mass is 302 g/mol. The summed E-state index contributed by atoms with van der Waals surface area (Å²) in [6, 6.07) is 10.6. The van der Waals surface area contributed by atoms with Gasteiger partial charge >= 0.3 is 0 Å². The molecule has 21 heavy (non-hydrogen) atoms. The van der Waals surface area contributed by atoms with E-state index in [1.807, 2.05) is 0 Å². The highest BCUT2D eigenvalue weighted by molar-refractivity contribution is 7.15. The minimum absolute atomic E-state index is 0.583. The van der Waals surface area contributed by atoms with E-state index in [0.29, 0.717) is 5.92 Å². The lowest BCUT2D eigenvalue weighted by atomic mass is 9.96. The van der Waals surface area contributed by atoms with Crippen LogP contribution in [0.1, 0.15) is 34.9 Å². The van der Waals surface area contributed by atoms with Gasteiger partial charge in [-0.05, 0) is 31.7 Å². The number of hydrogen-bond donors (Lipinski definition) is 1. The third-order valence-corrected chi connectivity index (χ3v) is 4.92. The Kier molecular flexibility index (Phi) is 4.88. The molecular formula is C17H22N2OS. The van der Waals surface area contributed by atoms with Gasteiger partial charge in [0.15, 0.2) is 5.13 Å². The normalized spacial score (nSPS) is 16.0. The van der Waals surface area contributed by atoms with Gasteiger partial charge in [0.2, 0.25) is 0 Å². The number of rotatable bonds is 5. The van der Waals surface area contributed by atoms with Crippen LogP contribution in [0.2, 0.25) is 0 Å². The summed E-state index contributed by atoms with van der Waals surface area (Å²) < 4.78 is 5.44. The minimum atomic E-state index is 0.583. The van der Waals surface area contributed by atoms with Gasteiger partial charge in [0, 0.05) is 30.6 Å². The van der Waals surface area contributed by atoms with Crippen LogP contribution in [-0.2, 0) is 11.2 Å². The van der Waals surface area contributed by atoms with Gasteiger partial charge in [0.25, 0.3) is 0 Å². The minimum Gasteiger partial charge on any atom is -0.381 e. The fourth-order valence-corrected chi connectivity index (χ4v) is 3.72. The predicted octanol–water partition coefficient (Wildman–Crippen LogP) is 4.00. The van der Waals surface area contributed by atoms with Crippen LogP contribution < -0.4 is 5.32 Å². The topological polar surface area (TPSA) is 34.2 Å². The smallest absolute Gasteiger partial charge is 0.183 e. The molecule has 112 valence electrons. The van der Waals surface area contributed by atoms with Crippen molar-refractivity contribution in [3.63, 3.8) is 0 Å². The van der Waals surface area contributed by atoms with Gasteiger partial charge in [-0.2, -0.15) is 0 Å². The zero-order valence-electron chi connectivity index (χ0n) is 12.5. The molecule has 1 saturated heterocycles.